The maximum atomic E-state index is 13.0. The topological polar surface area (TPSA) is 37.3 Å². The highest BCUT2D eigenvalue weighted by Crippen LogP contribution is 2.25. The number of allylic oxidation sites excluding steroid dienone is 3. The van der Waals surface area contributed by atoms with Crippen LogP contribution in [0.5, 0.6) is 0 Å². The van der Waals surface area contributed by atoms with Crippen molar-refractivity contribution in [1.29, 1.82) is 0 Å². The van der Waals surface area contributed by atoms with Crippen molar-refractivity contribution in [2.45, 2.75) is 11.8 Å². The molecule has 0 aromatic carbocycles. The predicted octanol–water partition coefficient (Wildman–Crippen LogP) is 1.24. The van der Waals surface area contributed by atoms with Gasteiger partial charge in [-0.1, -0.05) is 12.2 Å². The summed E-state index contributed by atoms with van der Waals surface area (Å²) >= 11 is 0. The molecule has 1 N–H and O–H groups in total. The number of alkyl halides is 2. The van der Waals surface area contributed by atoms with Gasteiger partial charge in [0.05, 0.1) is 0 Å². The molecule has 0 saturated carbocycles. The zero-order valence-corrected chi connectivity index (χ0v) is 5.50. The summed E-state index contributed by atoms with van der Waals surface area (Å²) in [7, 11) is 0. The molecule has 2 atom stereocenters. The predicted molar refractivity (Wildman–Crippen MR) is 34.7 cm³/mol. The van der Waals surface area contributed by atoms with Gasteiger partial charge in [0.25, 0.3) is 5.67 Å². The Bertz CT molecular complexity index is 235. The van der Waals surface area contributed by atoms with Gasteiger partial charge in [-0.3, -0.25) is 0 Å². The van der Waals surface area contributed by atoms with Crippen LogP contribution in [-0.4, -0.2) is 22.9 Å². The van der Waals surface area contributed by atoms with Gasteiger partial charge in [0, 0.05) is 0 Å². The Morgan fingerprint density at radius 3 is 2.55 bits per heavy atom. The van der Waals surface area contributed by atoms with Crippen LogP contribution in [0.1, 0.15) is 0 Å². The minimum Gasteiger partial charge on any atom is -0.479 e. The van der Waals surface area contributed by atoms with Crippen molar-refractivity contribution in [2.75, 3.05) is 0 Å². The Morgan fingerprint density at radius 2 is 2.18 bits per heavy atom. The maximum Gasteiger partial charge on any atom is 0.349 e. The van der Waals surface area contributed by atoms with Gasteiger partial charge >= 0.3 is 5.97 Å². The number of carboxylic acid groups (broad SMARTS) is 1. The number of carbonyl (C=O) groups is 1. The molecule has 0 aliphatic heterocycles. The molecule has 0 amide bonds. The summed E-state index contributed by atoms with van der Waals surface area (Å²) in [5, 5.41) is 8.27. The van der Waals surface area contributed by atoms with Crippen LogP contribution in [0, 0.1) is 0 Å². The van der Waals surface area contributed by atoms with Crippen LogP contribution in [0.4, 0.5) is 8.78 Å². The monoisotopic (exact) mass is 160 g/mol. The van der Waals surface area contributed by atoms with Crippen molar-refractivity contribution < 1.29 is 18.7 Å². The second kappa shape index (κ2) is 2.45. The molecule has 0 aromatic heterocycles. The number of halogens is 2. The molecular weight excluding hydrogens is 154 g/mol. The molecule has 1 aliphatic rings. The lowest BCUT2D eigenvalue weighted by Gasteiger charge is -2.20. The number of aliphatic carboxylic acids is 1. The van der Waals surface area contributed by atoms with Crippen LogP contribution in [-0.2, 0) is 4.79 Å². The second-order valence-electron chi connectivity index (χ2n) is 2.22. The summed E-state index contributed by atoms with van der Waals surface area (Å²) in [6.45, 7) is 0. The third kappa shape index (κ3) is 1.15. The van der Waals surface area contributed by atoms with Crippen LogP contribution < -0.4 is 0 Å². The lowest BCUT2D eigenvalue weighted by Crippen LogP contribution is -2.41. The number of hydrogen-bond acceptors (Lipinski definition) is 1. The van der Waals surface area contributed by atoms with E-state index in [2.05, 4.69) is 0 Å². The molecule has 2 unspecified atom stereocenters. The first kappa shape index (κ1) is 7.91. The number of hydrogen-bond donors (Lipinski definition) is 1. The highest BCUT2D eigenvalue weighted by molar-refractivity contribution is 5.81. The summed E-state index contributed by atoms with van der Waals surface area (Å²) in [4.78, 5) is 10.2. The van der Waals surface area contributed by atoms with E-state index in [0.29, 0.717) is 6.08 Å². The number of rotatable bonds is 1. The van der Waals surface area contributed by atoms with E-state index in [-0.39, 0.29) is 0 Å². The van der Waals surface area contributed by atoms with Crippen LogP contribution in [0.15, 0.2) is 24.3 Å². The average Bonchev–Trinajstić information content (AvgIpc) is 1.95. The molecule has 0 radical (unpaired) electrons. The Labute approximate surface area is 61.8 Å². The van der Waals surface area contributed by atoms with Crippen LogP contribution in [0.25, 0.3) is 0 Å². The molecule has 11 heavy (non-hydrogen) atoms. The largest absolute Gasteiger partial charge is 0.479 e. The SMILES string of the molecule is O=C(O)C1(F)C=CC=CC1F. The normalized spacial score (nSPS) is 35.6. The third-order valence-electron chi connectivity index (χ3n) is 1.46. The van der Waals surface area contributed by atoms with Gasteiger partial charge < -0.3 is 5.11 Å². The molecule has 0 bridgehead atoms. The third-order valence-corrected chi connectivity index (χ3v) is 1.46. The summed E-state index contributed by atoms with van der Waals surface area (Å²) in [5.41, 5.74) is -2.88. The molecular formula is C7H6F2O2. The molecule has 0 spiro atoms. The summed E-state index contributed by atoms with van der Waals surface area (Å²) < 4.78 is 25.6. The van der Waals surface area contributed by atoms with Crippen molar-refractivity contribution in [3.63, 3.8) is 0 Å². The number of carboxylic acids is 1. The first-order valence-corrected chi connectivity index (χ1v) is 3.00. The zero-order chi connectivity index (χ0) is 8.48. The van der Waals surface area contributed by atoms with Gasteiger partial charge in [-0.15, -0.1) is 0 Å². The highest BCUT2D eigenvalue weighted by atomic mass is 19.2. The minimum absolute atomic E-state index is 0.694. The maximum absolute atomic E-state index is 13.0. The fraction of sp³-hybridized carbons (Fsp3) is 0.286. The lowest BCUT2D eigenvalue weighted by atomic mass is 9.96. The Hall–Kier alpha value is -1.19. The fourth-order valence-electron chi connectivity index (χ4n) is 0.779. The van der Waals surface area contributed by atoms with Crippen molar-refractivity contribution in [3.8, 4) is 0 Å². The van der Waals surface area contributed by atoms with Crippen molar-refractivity contribution in [3.05, 3.63) is 24.3 Å². The van der Waals surface area contributed by atoms with Gasteiger partial charge in [0.1, 0.15) is 0 Å². The zero-order valence-electron chi connectivity index (χ0n) is 5.50. The van der Waals surface area contributed by atoms with Gasteiger partial charge in [0.15, 0.2) is 6.17 Å². The molecule has 1 rings (SSSR count). The van der Waals surface area contributed by atoms with E-state index in [1.165, 1.54) is 12.2 Å². The molecule has 4 heteroatoms. The van der Waals surface area contributed by atoms with Gasteiger partial charge in [-0.05, 0) is 12.2 Å². The van der Waals surface area contributed by atoms with Crippen molar-refractivity contribution in [2.24, 2.45) is 0 Å². The molecule has 1 aliphatic carbocycles. The van der Waals surface area contributed by atoms with Crippen molar-refractivity contribution >= 4 is 5.97 Å². The molecule has 0 fully saturated rings. The van der Waals surface area contributed by atoms with E-state index in [9.17, 15) is 13.6 Å². The van der Waals surface area contributed by atoms with Gasteiger partial charge in [-0.2, -0.15) is 0 Å². The standard InChI is InChI=1S/C7H6F2O2/c8-5-3-1-2-4-7(5,9)6(10)11/h1-5H,(H,10,11). The minimum atomic E-state index is -2.88. The Morgan fingerprint density at radius 1 is 1.55 bits per heavy atom. The van der Waals surface area contributed by atoms with E-state index in [0.717, 1.165) is 6.08 Å². The van der Waals surface area contributed by atoms with Crippen LogP contribution in [0.3, 0.4) is 0 Å². The first-order valence-electron chi connectivity index (χ1n) is 3.00. The van der Waals surface area contributed by atoms with E-state index in [1.807, 2.05) is 0 Å². The fourth-order valence-corrected chi connectivity index (χ4v) is 0.779. The average molecular weight is 160 g/mol. The lowest BCUT2D eigenvalue weighted by molar-refractivity contribution is -0.150. The van der Waals surface area contributed by atoms with Crippen LogP contribution >= 0.6 is 0 Å². The van der Waals surface area contributed by atoms with Crippen molar-refractivity contribution in [1.82, 2.24) is 0 Å². The molecule has 0 heterocycles. The molecule has 0 aromatic rings. The Balaban J connectivity index is 2.94. The van der Waals surface area contributed by atoms with Crippen LogP contribution in [0.2, 0.25) is 0 Å². The molecule has 2 nitrogen and oxygen atoms in total. The smallest absolute Gasteiger partial charge is 0.349 e. The van der Waals surface area contributed by atoms with Gasteiger partial charge in [0.2, 0.25) is 0 Å². The van der Waals surface area contributed by atoms with E-state index >= 15 is 0 Å². The highest BCUT2D eigenvalue weighted by Gasteiger charge is 2.44. The first-order chi connectivity index (χ1) is 5.07. The summed E-state index contributed by atoms with van der Waals surface area (Å²) in [6, 6.07) is 0. The quantitative estimate of drug-likeness (QED) is 0.626. The second-order valence-corrected chi connectivity index (χ2v) is 2.22. The summed E-state index contributed by atoms with van der Waals surface area (Å²) in [6.07, 6.45) is 1.91. The van der Waals surface area contributed by atoms with Gasteiger partial charge in [-0.25, -0.2) is 13.6 Å². The van der Waals surface area contributed by atoms with E-state index in [4.69, 9.17) is 5.11 Å². The summed E-state index contributed by atoms with van der Waals surface area (Å²) in [5.74, 6) is -1.80. The molecule has 0 saturated heterocycles. The Kier molecular flexibility index (Phi) is 1.76. The molecule has 60 valence electrons. The van der Waals surface area contributed by atoms with E-state index in [1.54, 1.807) is 0 Å². The van der Waals surface area contributed by atoms with E-state index < -0.39 is 17.8 Å².